The first-order valence-corrected chi connectivity index (χ1v) is 5.75. The highest BCUT2D eigenvalue weighted by Gasteiger charge is 2.29. The molecule has 1 aromatic carbocycles. The predicted molar refractivity (Wildman–Crippen MR) is 63.2 cm³/mol. The maximum Gasteiger partial charge on any atom is 0.392 e. The Kier molecular flexibility index (Phi) is 3.60. The summed E-state index contributed by atoms with van der Waals surface area (Å²) in [5, 5.41) is 2.62. The smallest absolute Gasteiger partial charge is 0.392 e. The summed E-state index contributed by atoms with van der Waals surface area (Å²) < 4.78 is 40.9. The molecule has 8 heteroatoms. The molecular formula is C11H10ClF3N2O2. The molecule has 1 aromatic rings. The van der Waals surface area contributed by atoms with Crippen LogP contribution in [0.2, 0.25) is 5.02 Å². The summed E-state index contributed by atoms with van der Waals surface area (Å²) >= 11 is 5.87. The van der Waals surface area contributed by atoms with Crippen molar-refractivity contribution >= 4 is 23.2 Å². The summed E-state index contributed by atoms with van der Waals surface area (Å²) in [5.41, 5.74) is 6.51. The van der Waals surface area contributed by atoms with Crippen molar-refractivity contribution < 1.29 is 22.7 Å². The number of carbonyl (C=O) groups is 1. The van der Waals surface area contributed by atoms with Crippen LogP contribution >= 0.6 is 11.6 Å². The monoisotopic (exact) mass is 294 g/mol. The Morgan fingerprint density at radius 1 is 1.42 bits per heavy atom. The lowest BCUT2D eigenvalue weighted by Gasteiger charge is -2.11. The zero-order valence-electron chi connectivity index (χ0n) is 9.55. The molecule has 0 saturated carbocycles. The Morgan fingerprint density at radius 2 is 2.11 bits per heavy atom. The summed E-state index contributed by atoms with van der Waals surface area (Å²) in [6, 6.07) is 1.97. The summed E-state index contributed by atoms with van der Waals surface area (Å²) in [5.74, 6) is -0.308. The second-order valence-electron chi connectivity index (χ2n) is 4.05. The molecule has 1 unspecified atom stereocenters. The second-order valence-corrected chi connectivity index (χ2v) is 4.46. The lowest BCUT2D eigenvalue weighted by Crippen LogP contribution is -2.19. The molecule has 1 aliphatic rings. The zero-order chi connectivity index (χ0) is 14.2. The van der Waals surface area contributed by atoms with Crippen molar-refractivity contribution in [2.24, 2.45) is 5.73 Å². The minimum atomic E-state index is -4.29. The van der Waals surface area contributed by atoms with Crippen LogP contribution in [0.4, 0.5) is 18.9 Å². The van der Waals surface area contributed by atoms with Gasteiger partial charge in [0.25, 0.3) is 0 Å². The van der Waals surface area contributed by atoms with Crippen LogP contribution in [0.5, 0.6) is 5.75 Å². The minimum absolute atomic E-state index is 0.0825. The molecule has 0 saturated heterocycles. The van der Waals surface area contributed by atoms with Crippen LogP contribution < -0.4 is 15.8 Å². The van der Waals surface area contributed by atoms with Crippen LogP contribution in [-0.4, -0.2) is 18.7 Å². The lowest BCUT2D eigenvalue weighted by atomic mass is 10.1. The van der Waals surface area contributed by atoms with Crippen molar-refractivity contribution in [2.45, 2.75) is 18.6 Å². The number of benzene rings is 1. The molecule has 2 rings (SSSR count). The Hall–Kier alpha value is -1.47. The Balaban J connectivity index is 2.12. The van der Waals surface area contributed by atoms with E-state index in [0.717, 1.165) is 0 Å². The van der Waals surface area contributed by atoms with Gasteiger partial charge in [-0.25, -0.2) is 0 Å². The molecule has 0 bridgehead atoms. The van der Waals surface area contributed by atoms with E-state index in [1.165, 1.54) is 12.1 Å². The van der Waals surface area contributed by atoms with Crippen molar-refractivity contribution in [1.29, 1.82) is 0 Å². The van der Waals surface area contributed by atoms with Crippen molar-refractivity contribution in [3.05, 3.63) is 22.7 Å². The number of amides is 1. The van der Waals surface area contributed by atoms with Gasteiger partial charge in [-0.2, -0.15) is 13.2 Å². The van der Waals surface area contributed by atoms with Crippen molar-refractivity contribution in [2.75, 3.05) is 11.9 Å². The van der Waals surface area contributed by atoms with Crippen LogP contribution in [0.15, 0.2) is 12.1 Å². The number of alkyl halides is 3. The molecule has 3 N–H and O–H groups in total. The number of anilines is 1. The van der Waals surface area contributed by atoms with Crippen LogP contribution in [0, 0.1) is 0 Å². The van der Waals surface area contributed by atoms with E-state index in [1.807, 2.05) is 0 Å². The molecule has 1 aliphatic heterocycles. The number of nitrogens with two attached hydrogens (primary N) is 1. The Labute approximate surface area is 111 Å². The molecule has 104 valence electrons. The summed E-state index contributed by atoms with van der Waals surface area (Å²) in [6.45, 7) is -0.540. The van der Waals surface area contributed by atoms with E-state index in [1.54, 1.807) is 0 Å². The van der Waals surface area contributed by atoms with Gasteiger partial charge in [-0.1, -0.05) is 11.6 Å². The van der Waals surface area contributed by atoms with E-state index in [4.69, 9.17) is 22.1 Å². The molecule has 1 amide bonds. The fraction of sp³-hybridized carbons (Fsp3) is 0.364. The number of nitrogens with one attached hydrogen (secondary N) is 1. The fourth-order valence-electron chi connectivity index (χ4n) is 1.67. The average Bonchev–Trinajstić information content (AvgIpc) is 2.54. The fourth-order valence-corrected chi connectivity index (χ4v) is 1.90. The number of ether oxygens (including phenoxy) is 1. The quantitative estimate of drug-likeness (QED) is 0.900. The molecule has 0 fully saturated rings. The first-order chi connectivity index (χ1) is 8.78. The number of carbonyl (C=O) groups excluding carboxylic acids is 1. The lowest BCUT2D eigenvalue weighted by molar-refractivity contribution is -0.139. The van der Waals surface area contributed by atoms with Gasteiger partial charge < -0.3 is 15.8 Å². The highest BCUT2D eigenvalue weighted by molar-refractivity contribution is 6.32. The van der Waals surface area contributed by atoms with Crippen molar-refractivity contribution in [3.8, 4) is 5.75 Å². The van der Waals surface area contributed by atoms with Gasteiger partial charge in [-0.15, -0.1) is 0 Å². The molecule has 19 heavy (non-hydrogen) atoms. The van der Waals surface area contributed by atoms with Gasteiger partial charge in [0.2, 0.25) is 5.91 Å². The van der Waals surface area contributed by atoms with Crippen LogP contribution in [0.3, 0.4) is 0 Å². The van der Waals surface area contributed by atoms with Gasteiger partial charge in [0.05, 0.1) is 18.1 Å². The van der Waals surface area contributed by atoms with Crippen molar-refractivity contribution in [3.63, 3.8) is 0 Å². The average molecular weight is 295 g/mol. The van der Waals surface area contributed by atoms with E-state index in [0.29, 0.717) is 11.3 Å². The summed E-state index contributed by atoms with van der Waals surface area (Å²) in [7, 11) is 0. The standard InChI is InChI=1S/C11H10ClF3N2O2/c12-6-3-5-7(17-10(18)9(5)16)4-8(6)19-2-1-11(13,14)15/h3-4,9H,1-2,16H2,(H,17,18). The molecule has 0 spiro atoms. The molecule has 0 aromatic heterocycles. The molecule has 0 radical (unpaired) electrons. The van der Waals surface area contributed by atoms with E-state index in [9.17, 15) is 18.0 Å². The number of hydrogen-bond donors (Lipinski definition) is 2. The van der Waals surface area contributed by atoms with Crippen LogP contribution in [0.1, 0.15) is 18.0 Å². The van der Waals surface area contributed by atoms with E-state index < -0.39 is 31.2 Å². The van der Waals surface area contributed by atoms with Crippen LogP contribution in [-0.2, 0) is 4.79 Å². The first kappa shape index (κ1) is 14.0. The molecule has 0 aliphatic carbocycles. The highest BCUT2D eigenvalue weighted by Crippen LogP contribution is 2.37. The summed E-state index contributed by atoms with van der Waals surface area (Å²) in [4.78, 5) is 11.3. The van der Waals surface area contributed by atoms with Gasteiger partial charge in [-0.05, 0) is 6.07 Å². The van der Waals surface area contributed by atoms with Gasteiger partial charge in [-0.3, -0.25) is 4.79 Å². The van der Waals surface area contributed by atoms with Gasteiger partial charge in [0, 0.05) is 17.3 Å². The maximum atomic E-state index is 12.0. The maximum absolute atomic E-state index is 12.0. The highest BCUT2D eigenvalue weighted by atomic mass is 35.5. The van der Waals surface area contributed by atoms with Gasteiger partial charge in [0.1, 0.15) is 11.8 Å². The van der Waals surface area contributed by atoms with E-state index in [2.05, 4.69) is 5.32 Å². The van der Waals surface area contributed by atoms with E-state index >= 15 is 0 Å². The van der Waals surface area contributed by atoms with Gasteiger partial charge in [0.15, 0.2) is 0 Å². The molecule has 1 heterocycles. The molecule has 4 nitrogen and oxygen atoms in total. The summed E-state index contributed by atoms with van der Waals surface area (Å²) in [6.07, 6.45) is -5.37. The van der Waals surface area contributed by atoms with Crippen LogP contribution in [0.25, 0.3) is 0 Å². The Morgan fingerprint density at radius 3 is 2.74 bits per heavy atom. The SMILES string of the molecule is NC1C(=O)Nc2cc(OCCC(F)(F)F)c(Cl)cc21. The van der Waals surface area contributed by atoms with E-state index in [-0.39, 0.29) is 10.8 Å². The molecular weight excluding hydrogens is 285 g/mol. The number of halogens is 4. The normalized spacial score (nSPS) is 18.2. The Bertz CT molecular complexity index is 519. The predicted octanol–water partition coefficient (Wildman–Crippen LogP) is 2.62. The molecule has 1 atom stereocenters. The number of hydrogen-bond acceptors (Lipinski definition) is 3. The third-order valence-electron chi connectivity index (χ3n) is 2.62. The number of fused-ring (bicyclic) bond motifs is 1. The zero-order valence-corrected chi connectivity index (χ0v) is 10.3. The largest absolute Gasteiger partial charge is 0.492 e. The number of rotatable bonds is 3. The second kappa shape index (κ2) is 4.90. The minimum Gasteiger partial charge on any atom is -0.492 e. The third kappa shape index (κ3) is 3.10. The first-order valence-electron chi connectivity index (χ1n) is 5.37. The van der Waals surface area contributed by atoms with Crippen molar-refractivity contribution in [1.82, 2.24) is 0 Å². The topological polar surface area (TPSA) is 64.4 Å². The third-order valence-corrected chi connectivity index (χ3v) is 2.92. The van der Waals surface area contributed by atoms with Gasteiger partial charge >= 0.3 is 6.18 Å².